The molecule has 0 aromatic heterocycles. The summed E-state index contributed by atoms with van der Waals surface area (Å²) in [5.41, 5.74) is 0. The third-order valence-corrected chi connectivity index (χ3v) is 1.33. The first-order valence-corrected chi connectivity index (χ1v) is 4.11. The number of alkyl halides is 2. The Kier molecular flexibility index (Phi) is 6.71. The molecule has 1 N–H and O–H groups in total. The molecule has 0 radical (unpaired) electrons. The fourth-order valence-electron chi connectivity index (χ4n) is 0.450. The predicted molar refractivity (Wildman–Crippen MR) is 42.8 cm³/mol. The average molecular weight is 201 g/mol. The standard InChI is InChI=1S/C6H10Cl2O3/c7-5(8)6(10)11-4-2-1-3-9/h5,9H,1-4H2. The van der Waals surface area contributed by atoms with Crippen LogP contribution in [0.5, 0.6) is 0 Å². The largest absolute Gasteiger partial charge is 0.464 e. The minimum Gasteiger partial charge on any atom is -0.464 e. The minimum absolute atomic E-state index is 0.0999. The van der Waals surface area contributed by atoms with E-state index < -0.39 is 10.8 Å². The van der Waals surface area contributed by atoms with Crippen LogP contribution >= 0.6 is 23.2 Å². The highest BCUT2D eigenvalue weighted by molar-refractivity contribution is 6.52. The van der Waals surface area contributed by atoms with Crippen molar-refractivity contribution in [3.63, 3.8) is 0 Å². The highest BCUT2D eigenvalue weighted by Crippen LogP contribution is 2.04. The quantitative estimate of drug-likeness (QED) is 0.411. The summed E-state index contributed by atoms with van der Waals surface area (Å²) in [7, 11) is 0. The molecule has 0 aliphatic rings. The van der Waals surface area contributed by atoms with Crippen molar-refractivity contribution >= 4 is 29.2 Å². The second-order valence-electron chi connectivity index (χ2n) is 1.90. The summed E-state index contributed by atoms with van der Waals surface area (Å²) in [5, 5.41) is 8.35. The van der Waals surface area contributed by atoms with Gasteiger partial charge in [-0.2, -0.15) is 0 Å². The lowest BCUT2D eigenvalue weighted by molar-refractivity contribution is -0.141. The summed E-state index contributed by atoms with van der Waals surface area (Å²) in [4.78, 5) is 9.45. The van der Waals surface area contributed by atoms with Crippen LogP contribution < -0.4 is 0 Å². The highest BCUT2D eigenvalue weighted by Gasteiger charge is 2.11. The fraction of sp³-hybridized carbons (Fsp3) is 0.833. The van der Waals surface area contributed by atoms with Gasteiger partial charge in [0.15, 0.2) is 0 Å². The number of ether oxygens (including phenoxy) is 1. The van der Waals surface area contributed by atoms with E-state index in [0.29, 0.717) is 12.8 Å². The van der Waals surface area contributed by atoms with Gasteiger partial charge in [0.25, 0.3) is 0 Å². The van der Waals surface area contributed by atoms with E-state index in [2.05, 4.69) is 4.74 Å². The molecule has 0 unspecified atom stereocenters. The van der Waals surface area contributed by atoms with Crippen LogP contribution in [0.25, 0.3) is 0 Å². The molecule has 0 rings (SSSR count). The van der Waals surface area contributed by atoms with Crippen LogP contribution in [0.1, 0.15) is 12.8 Å². The van der Waals surface area contributed by atoms with Crippen LogP contribution in [-0.4, -0.2) is 29.1 Å². The number of aliphatic hydroxyl groups excluding tert-OH is 1. The van der Waals surface area contributed by atoms with E-state index in [-0.39, 0.29) is 13.2 Å². The summed E-state index contributed by atoms with van der Waals surface area (Å²) in [6.07, 6.45) is 1.24. The van der Waals surface area contributed by atoms with Crippen molar-refractivity contribution in [3.05, 3.63) is 0 Å². The zero-order chi connectivity index (χ0) is 8.69. The summed E-state index contributed by atoms with van der Waals surface area (Å²) in [5.74, 6) is -0.633. The Morgan fingerprint density at radius 1 is 1.45 bits per heavy atom. The Morgan fingerprint density at radius 3 is 2.55 bits per heavy atom. The van der Waals surface area contributed by atoms with Crippen LogP contribution in [0, 0.1) is 0 Å². The maximum absolute atomic E-state index is 10.6. The normalized spacial score (nSPS) is 10.2. The Hall–Kier alpha value is 0.01000. The van der Waals surface area contributed by atoms with Gasteiger partial charge in [0.1, 0.15) is 0 Å². The molecule has 0 aromatic carbocycles. The number of halogens is 2. The lowest BCUT2D eigenvalue weighted by Crippen LogP contribution is -2.13. The van der Waals surface area contributed by atoms with Crippen molar-refractivity contribution in [2.45, 2.75) is 17.7 Å². The second-order valence-corrected chi connectivity index (χ2v) is 3.00. The van der Waals surface area contributed by atoms with Crippen LogP contribution in [0.3, 0.4) is 0 Å². The Balaban J connectivity index is 3.18. The minimum atomic E-state index is -1.11. The van der Waals surface area contributed by atoms with E-state index in [1.54, 1.807) is 0 Å². The zero-order valence-corrected chi connectivity index (χ0v) is 7.44. The molecular formula is C6H10Cl2O3. The first kappa shape index (κ1) is 11.0. The zero-order valence-electron chi connectivity index (χ0n) is 5.93. The molecule has 66 valence electrons. The maximum Gasteiger partial charge on any atom is 0.339 e. The van der Waals surface area contributed by atoms with Gasteiger partial charge in [-0.3, -0.25) is 0 Å². The molecule has 0 spiro atoms. The van der Waals surface area contributed by atoms with Gasteiger partial charge in [-0.05, 0) is 12.8 Å². The van der Waals surface area contributed by atoms with Gasteiger partial charge in [-0.1, -0.05) is 23.2 Å². The van der Waals surface area contributed by atoms with Crippen molar-refractivity contribution in [1.29, 1.82) is 0 Å². The second kappa shape index (κ2) is 6.70. The molecule has 5 heteroatoms. The summed E-state index contributed by atoms with van der Waals surface area (Å²) in [6.45, 7) is 0.359. The molecule has 0 aliphatic heterocycles. The number of carbonyl (C=O) groups is 1. The van der Waals surface area contributed by atoms with Gasteiger partial charge in [-0.15, -0.1) is 0 Å². The van der Waals surface area contributed by atoms with Crippen molar-refractivity contribution in [1.82, 2.24) is 0 Å². The van der Waals surface area contributed by atoms with E-state index >= 15 is 0 Å². The third kappa shape index (κ3) is 6.41. The first-order chi connectivity index (χ1) is 5.18. The molecular weight excluding hydrogens is 191 g/mol. The number of carbonyl (C=O) groups excluding carboxylic acids is 1. The monoisotopic (exact) mass is 200 g/mol. The average Bonchev–Trinajstić information content (AvgIpc) is 1.97. The van der Waals surface area contributed by atoms with Gasteiger partial charge in [0, 0.05) is 6.61 Å². The molecule has 0 heterocycles. The summed E-state index contributed by atoms with van der Waals surface area (Å²) >= 11 is 10.4. The van der Waals surface area contributed by atoms with E-state index in [1.807, 2.05) is 0 Å². The first-order valence-electron chi connectivity index (χ1n) is 3.24. The van der Waals surface area contributed by atoms with Gasteiger partial charge in [0.05, 0.1) is 6.61 Å². The topological polar surface area (TPSA) is 46.5 Å². The number of unbranched alkanes of at least 4 members (excludes halogenated alkanes) is 1. The van der Waals surface area contributed by atoms with E-state index in [1.165, 1.54) is 0 Å². The lowest BCUT2D eigenvalue weighted by atomic mass is 10.3. The SMILES string of the molecule is O=C(OCCCCO)C(Cl)Cl. The maximum atomic E-state index is 10.6. The van der Waals surface area contributed by atoms with Crippen LogP contribution in [-0.2, 0) is 9.53 Å². The number of aliphatic hydroxyl groups is 1. The van der Waals surface area contributed by atoms with E-state index in [0.717, 1.165) is 0 Å². The Morgan fingerprint density at radius 2 is 2.09 bits per heavy atom. The molecule has 0 saturated carbocycles. The number of hydrogen-bond donors (Lipinski definition) is 1. The summed E-state index contributed by atoms with van der Waals surface area (Å²) in [6, 6.07) is 0. The predicted octanol–water partition coefficient (Wildman–Crippen LogP) is 1.11. The molecule has 11 heavy (non-hydrogen) atoms. The van der Waals surface area contributed by atoms with Crippen LogP contribution in [0.4, 0.5) is 0 Å². The van der Waals surface area contributed by atoms with Crippen molar-refractivity contribution in [2.24, 2.45) is 0 Å². The van der Waals surface area contributed by atoms with Crippen molar-refractivity contribution in [3.8, 4) is 0 Å². The van der Waals surface area contributed by atoms with Gasteiger partial charge in [0.2, 0.25) is 4.84 Å². The molecule has 0 aromatic rings. The van der Waals surface area contributed by atoms with E-state index in [9.17, 15) is 4.79 Å². The van der Waals surface area contributed by atoms with Gasteiger partial charge < -0.3 is 9.84 Å². The third-order valence-electron chi connectivity index (χ3n) is 0.975. The van der Waals surface area contributed by atoms with Crippen molar-refractivity contribution in [2.75, 3.05) is 13.2 Å². The van der Waals surface area contributed by atoms with Gasteiger partial charge >= 0.3 is 5.97 Å². The van der Waals surface area contributed by atoms with E-state index in [4.69, 9.17) is 28.3 Å². The smallest absolute Gasteiger partial charge is 0.339 e. The molecule has 0 aliphatic carbocycles. The van der Waals surface area contributed by atoms with Gasteiger partial charge in [-0.25, -0.2) is 4.79 Å². The van der Waals surface area contributed by atoms with Crippen LogP contribution in [0.15, 0.2) is 0 Å². The Labute approximate surface area is 75.2 Å². The molecule has 0 saturated heterocycles. The molecule has 0 amide bonds. The Bertz CT molecular complexity index is 116. The highest BCUT2D eigenvalue weighted by atomic mass is 35.5. The molecule has 3 nitrogen and oxygen atoms in total. The molecule has 0 fully saturated rings. The number of esters is 1. The lowest BCUT2D eigenvalue weighted by Gasteiger charge is -2.02. The fourth-order valence-corrected chi connectivity index (χ4v) is 0.576. The van der Waals surface area contributed by atoms with Crippen LogP contribution in [0.2, 0.25) is 0 Å². The van der Waals surface area contributed by atoms with Crippen molar-refractivity contribution < 1.29 is 14.6 Å². The summed E-state index contributed by atoms with van der Waals surface area (Å²) < 4.78 is 4.59. The number of hydrogen-bond acceptors (Lipinski definition) is 3. The molecule has 0 atom stereocenters. The number of rotatable bonds is 5. The molecule has 0 bridgehead atoms.